The van der Waals surface area contributed by atoms with Crippen LogP contribution in [0, 0.1) is 0 Å². The largest absolute Gasteiger partial charge is 0.491 e. The van der Waals surface area contributed by atoms with Crippen LogP contribution in [0.5, 0.6) is 5.75 Å². The number of amides is 1. The molecule has 9 heteroatoms. The van der Waals surface area contributed by atoms with Crippen LogP contribution in [0.4, 0.5) is 11.4 Å². The van der Waals surface area contributed by atoms with E-state index < -0.39 is 22.5 Å². The molecule has 0 aliphatic carbocycles. The van der Waals surface area contributed by atoms with Crippen molar-refractivity contribution in [2.24, 2.45) is 0 Å². The molecule has 0 radical (unpaired) electrons. The Hall–Kier alpha value is -2.74. The van der Waals surface area contributed by atoms with E-state index in [1.54, 1.807) is 42.5 Å². The number of ether oxygens (including phenoxy) is 1. The van der Waals surface area contributed by atoms with Crippen LogP contribution >= 0.6 is 23.2 Å². The second kappa shape index (κ2) is 10.3. The fourth-order valence-electron chi connectivity index (χ4n) is 2.97. The predicted molar refractivity (Wildman–Crippen MR) is 128 cm³/mol. The summed E-state index contributed by atoms with van der Waals surface area (Å²) >= 11 is 12.2. The van der Waals surface area contributed by atoms with Crippen molar-refractivity contribution in [1.82, 2.24) is 0 Å². The molecule has 0 fully saturated rings. The first-order valence-corrected chi connectivity index (χ1v) is 12.0. The number of halogens is 2. The summed E-state index contributed by atoms with van der Waals surface area (Å²) in [5, 5.41) is 3.22. The van der Waals surface area contributed by atoms with Gasteiger partial charge >= 0.3 is 0 Å². The van der Waals surface area contributed by atoms with E-state index in [4.69, 9.17) is 27.9 Å². The zero-order valence-electron chi connectivity index (χ0n) is 17.5. The van der Waals surface area contributed by atoms with Gasteiger partial charge in [0, 0.05) is 21.8 Å². The minimum atomic E-state index is -4.07. The van der Waals surface area contributed by atoms with E-state index in [1.165, 1.54) is 30.3 Å². The van der Waals surface area contributed by atoms with Gasteiger partial charge in [-0.15, -0.1) is 0 Å². The van der Waals surface area contributed by atoms with Crippen LogP contribution in [0.2, 0.25) is 10.0 Å². The molecule has 3 aromatic rings. The maximum atomic E-state index is 13.4. The lowest BCUT2D eigenvalue weighted by Gasteiger charge is -2.24. The Morgan fingerprint density at radius 1 is 0.969 bits per heavy atom. The van der Waals surface area contributed by atoms with Crippen molar-refractivity contribution in [1.29, 1.82) is 0 Å². The summed E-state index contributed by atoms with van der Waals surface area (Å²) in [6.45, 7) is 3.31. The number of hydrogen-bond acceptors (Lipinski definition) is 4. The molecule has 0 bridgehead atoms. The van der Waals surface area contributed by atoms with Crippen LogP contribution in [0.15, 0.2) is 77.7 Å². The first-order chi connectivity index (χ1) is 15.1. The number of benzene rings is 3. The molecule has 3 aromatic carbocycles. The van der Waals surface area contributed by atoms with Crippen LogP contribution in [0.25, 0.3) is 0 Å². The molecule has 0 aliphatic heterocycles. The minimum absolute atomic E-state index is 0.0277. The molecule has 32 heavy (non-hydrogen) atoms. The van der Waals surface area contributed by atoms with E-state index in [0.717, 1.165) is 4.31 Å². The van der Waals surface area contributed by atoms with Crippen molar-refractivity contribution < 1.29 is 17.9 Å². The van der Waals surface area contributed by atoms with Crippen LogP contribution in [-0.4, -0.2) is 27.0 Å². The quantitative estimate of drug-likeness (QED) is 0.442. The average molecular weight is 493 g/mol. The van der Waals surface area contributed by atoms with Crippen LogP contribution in [0.3, 0.4) is 0 Å². The molecule has 0 atom stereocenters. The van der Waals surface area contributed by atoms with Crippen molar-refractivity contribution in [3.8, 4) is 5.75 Å². The summed E-state index contributed by atoms with van der Waals surface area (Å²) in [7, 11) is -4.07. The zero-order valence-corrected chi connectivity index (χ0v) is 19.8. The van der Waals surface area contributed by atoms with Gasteiger partial charge in [0.2, 0.25) is 5.91 Å². The maximum Gasteiger partial charge on any atom is 0.264 e. The summed E-state index contributed by atoms with van der Waals surface area (Å²) in [6.07, 6.45) is -0.0277. The first-order valence-electron chi connectivity index (χ1n) is 9.75. The first kappa shape index (κ1) is 23.9. The van der Waals surface area contributed by atoms with E-state index in [1.807, 2.05) is 13.8 Å². The lowest BCUT2D eigenvalue weighted by molar-refractivity contribution is -0.114. The van der Waals surface area contributed by atoms with E-state index in [-0.39, 0.29) is 26.7 Å². The molecule has 0 spiro atoms. The molecule has 0 aromatic heterocycles. The molecular formula is C23H22Cl2N2O4S. The second-order valence-corrected chi connectivity index (χ2v) is 9.93. The highest BCUT2D eigenvalue weighted by atomic mass is 35.5. The Morgan fingerprint density at radius 3 is 2.25 bits per heavy atom. The Kier molecular flexibility index (Phi) is 7.66. The van der Waals surface area contributed by atoms with E-state index in [2.05, 4.69) is 5.32 Å². The fourth-order valence-corrected chi connectivity index (χ4v) is 4.91. The minimum Gasteiger partial charge on any atom is -0.491 e. The summed E-state index contributed by atoms with van der Waals surface area (Å²) in [5.74, 6) is 0.0514. The van der Waals surface area contributed by atoms with Gasteiger partial charge in [-0.25, -0.2) is 8.42 Å². The lowest BCUT2D eigenvalue weighted by atomic mass is 10.3. The van der Waals surface area contributed by atoms with Gasteiger partial charge in [0.05, 0.1) is 16.7 Å². The normalized spacial score (nSPS) is 11.3. The van der Waals surface area contributed by atoms with Crippen molar-refractivity contribution >= 4 is 50.5 Å². The average Bonchev–Trinajstić information content (AvgIpc) is 2.71. The van der Waals surface area contributed by atoms with Gasteiger partial charge in [0.15, 0.2) is 0 Å². The number of nitrogens with one attached hydrogen (secondary N) is 1. The Morgan fingerprint density at radius 2 is 1.62 bits per heavy atom. The maximum absolute atomic E-state index is 13.4. The standard InChI is InChI=1S/C23H22Cl2N2O4S/c1-16(2)31-21-8-6-7-19(14-21)26-23(28)15-27(20-12-17(24)11-18(25)13-20)32(29,30)22-9-4-3-5-10-22/h3-14,16H,15H2,1-2H3,(H,26,28). The Balaban J connectivity index is 1.92. The second-order valence-electron chi connectivity index (χ2n) is 7.19. The third-order valence-corrected chi connectivity index (χ3v) is 6.47. The van der Waals surface area contributed by atoms with Crippen LogP contribution < -0.4 is 14.4 Å². The molecule has 0 aliphatic rings. The smallest absolute Gasteiger partial charge is 0.264 e. The number of nitrogens with zero attached hydrogens (tertiary/aromatic N) is 1. The lowest BCUT2D eigenvalue weighted by Crippen LogP contribution is -2.38. The van der Waals surface area contributed by atoms with Gasteiger partial charge in [-0.2, -0.15) is 0 Å². The van der Waals surface area contributed by atoms with Gasteiger partial charge in [-0.05, 0) is 56.3 Å². The van der Waals surface area contributed by atoms with Crippen molar-refractivity contribution in [3.63, 3.8) is 0 Å². The number of sulfonamides is 1. The molecule has 1 N–H and O–H groups in total. The molecule has 0 heterocycles. The van der Waals surface area contributed by atoms with E-state index in [0.29, 0.717) is 11.4 Å². The molecule has 0 saturated carbocycles. The van der Waals surface area contributed by atoms with Gasteiger partial charge < -0.3 is 10.1 Å². The van der Waals surface area contributed by atoms with Gasteiger partial charge in [-0.1, -0.05) is 47.5 Å². The fraction of sp³-hybridized carbons (Fsp3) is 0.174. The molecule has 0 unspecified atom stereocenters. The number of anilines is 2. The predicted octanol–water partition coefficient (Wildman–Crippen LogP) is 5.61. The molecule has 168 valence electrons. The monoisotopic (exact) mass is 492 g/mol. The summed E-state index contributed by atoms with van der Waals surface area (Å²) in [5.41, 5.74) is 0.660. The highest BCUT2D eigenvalue weighted by Gasteiger charge is 2.27. The number of rotatable bonds is 8. The molecule has 6 nitrogen and oxygen atoms in total. The Labute approximate surface area is 197 Å². The third kappa shape index (κ3) is 6.16. The molecular weight excluding hydrogens is 471 g/mol. The van der Waals surface area contributed by atoms with Crippen molar-refractivity contribution in [2.45, 2.75) is 24.8 Å². The Bertz CT molecular complexity index is 1180. The summed E-state index contributed by atoms with van der Waals surface area (Å²) in [4.78, 5) is 12.9. The van der Waals surface area contributed by atoms with Gasteiger partial charge in [0.1, 0.15) is 12.3 Å². The molecule has 3 rings (SSSR count). The molecule has 0 saturated heterocycles. The van der Waals surface area contributed by atoms with Crippen molar-refractivity contribution in [3.05, 3.63) is 82.8 Å². The van der Waals surface area contributed by atoms with Crippen molar-refractivity contribution in [2.75, 3.05) is 16.2 Å². The van der Waals surface area contributed by atoms with Gasteiger partial charge in [-0.3, -0.25) is 9.10 Å². The van der Waals surface area contributed by atoms with E-state index >= 15 is 0 Å². The van der Waals surface area contributed by atoms with Crippen LogP contribution in [-0.2, 0) is 14.8 Å². The highest BCUT2D eigenvalue weighted by Crippen LogP contribution is 2.30. The molecule has 1 amide bonds. The van der Waals surface area contributed by atoms with E-state index in [9.17, 15) is 13.2 Å². The number of carbonyl (C=O) groups is 1. The SMILES string of the molecule is CC(C)Oc1cccc(NC(=O)CN(c2cc(Cl)cc(Cl)c2)S(=O)(=O)c2ccccc2)c1. The topological polar surface area (TPSA) is 75.7 Å². The third-order valence-electron chi connectivity index (χ3n) is 4.24. The highest BCUT2D eigenvalue weighted by molar-refractivity contribution is 7.92. The summed E-state index contributed by atoms with van der Waals surface area (Å²) in [6, 6.07) is 19.1. The van der Waals surface area contributed by atoms with Gasteiger partial charge in [0.25, 0.3) is 10.0 Å². The number of hydrogen-bond donors (Lipinski definition) is 1. The summed E-state index contributed by atoms with van der Waals surface area (Å²) < 4.78 is 33.3. The zero-order chi connectivity index (χ0) is 23.3. The van der Waals surface area contributed by atoms with Crippen LogP contribution in [0.1, 0.15) is 13.8 Å². The number of carbonyl (C=O) groups excluding carboxylic acids is 1.